The molecule has 2 heterocycles. The number of carbonyl (C=O) groups excluding carboxylic acids is 2. The summed E-state index contributed by atoms with van der Waals surface area (Å²) in [6.45, 7) is 15.7. The van der Waals surface area contributed by atoms with Gasteiger partial charge in [0.15, 0.2) is 0 Å². The molecule has 8 atom stereocenters. The predicted molar refractivity (Wildman–Crippen MR) is 227 cm³/mol. The number of esters is 2. The Bertz CT molecular complexity index is 2030. The molecular formula is C42H62N6O10S2. The first-order valence-electron chi connectivity index (χ1n) is 20.8. The lowest BCUT2D eigenvalue weighted by Crippen LogP contribution is -2.42. The Kier molecular flexibility index (Phi) is 15.6. The zero-order chi connectivity index (χ0) is 44.1. The molecule has 1 aliphatic carbocycles. The van der Waals surface area contributed by atoms with Gasteiger partial charge in [-0.1, -0.05) is 90.7 Å². The first kappa shape index (κ1) is 47.1. The van der Waals surface area contributed by atoms with Crippen LogP contribution in [0.2, 0.25) is 0 Å². The summed E-state index contributed by atoms with van der Waals surface area (Å²) in [6.07, 6.45) is 3.10. The molecule has 2 aromatic rings. The van der Waals surface area contributed by atoms with Gasteiger partial charge in [0, 0.05) is 48.4 Å². The molecule has 16 nitrogen and oxygen atoms in total. The van der Waals surface area contributed by atoms with Crippen molar-refractivity contribution in [2.75, 3.05) is 39.8 Å². The maximum absolute atomic E-state index is 14.3. The summed E-state index contributed by atoms with van der Waals surface area (Å²) in [5.74, 6) is -1.07. The van der Waals surface area contributed by atoms with E-state index >= 15 is 0 Å². The Morgan fingerprint density at radius 1 is 0.633 bits per heavy atom. The van der Waals surface area contributed by atoms with Gasteiger partial charge < -0.3 is 30.6 Å². The second-order valence-electron chi connectivity index (χ2n) is 17.1. The number of oxime groups is 2. The molecule has 0 spiro atoms. The molecule has 18 heteroatoms. The minimum atomic E-state index is -4.03. The van der Waals surface area contributed by atoms with Gasteiger partial charge >= 0.3 is 11.9 Å². The van der Waals surface area contributed by atoms with E-state index in [4.69, 9.17) is 30.6 Å². The lowest BCUT2D eigenvalue weighted by molar-refractivity contribution is -0.160. The second-order valence-corrected chi connectivity index (χ2v) is 20.9. The number of hydrogen-bond acceptors (Lipinski definition) is 14. The number of sulfonamides is 2. The standard InChI is InChI=1S/C42H62N6O10S2/c1-9-29(7)37(43)41(49)55-23-57-45-39-33-13-11-31(59(51,52)47-19-25(3)15-26(4)20-47)17-35(33)40(46-58-24-56-42(50)38(44)30(8)10-2)36-18-32(12-14-34(36)39)60(53,54)48-21-27(5)16-28(6)22-48/h11-14,17-18,25-30,37-38H,9-10,15-16,19-24,43-44H2,1-8H3/t25-,26+,27-,28+,29?,30?,37?,38?. The van der Waals surface area contributed by atoms with Crippen LogP contribution in [0.4, 0.5) is 0 Å². The van der Waals surface area contributed by atoms with E-state index < -0.39 is 57.7 Å². The van der Waals surface area contributed by atoms with Crippen LogP contribution in [-0.4, -0.2) is 101 Å². The summed E-state index contributed by atoms with van der Waals surface area (Å²) in [4.78, 5) is 36.4. The molecule has 0 amide bonds. The lowest BCUT2D eigenvalue weighted by Gasteiger charge is -2.34. The largest absolute Gasteiger partial charge is 0.425 e. The van der Waals surface area contributed by atoms with Crippen molar-refractivity contribution in [2.45, 2.75) is 103 Å². The van der Waals surface area contributed by atoms with Crippen molar-refractivity contribution in [1.29, 1.82) is 0 Å². The number of hydrogen-bond donors (Lipinski definition) is 2. The molecule has 2 aliphatic heterocycles. The topological polar surface area (TPSA) is 223 Å². The highest BCUT2D eigenvalue weighted by molar-refractivity contribution is 7.89. The fraction of sp³-hybridized carbons (Fsp3) is 0.619. The highest BCUT2D eigenvalue weighted by Gasteiger charge is 2.37. The van der Waals surface area contributed by atoms with Crippen molar-refractivity contribution in [3.8, 4) is 0 Å². The molecule has 4 N–H and O–H groups in total. The normalized spacial score (nSPS) is 23.3. The number of carbonyl (C=O) groups is 2. The summed E-state index contributed by atoms with van der Waals surface area (Å²) in [7, 11) is -8.06. The molecule has 0 saturated carbocycles. The Hall–Kier alpha value is -3.94. The maximum Gasteiger partial charge on any atom is 0.326 e. The third kappa shape index (κ3) is 10.6. The van der Waals surface area contributed by atoms with Crippen LogP contribution in [0.1, 0.15) is 103 Å². The van der Waals surface area contributed by atoms with Crippen LogP contribution >= 0.6 is 0 Å². The van der Waals surface area contributed by atoms with E-state index in [0.717, 1.165) is 12.8 Å². The van der Waals surface area contributed by atoms with Crippen molar-refractivity contribution < 1.29 is 45.6 Å². The van der Waals surface area contributed by atoms with Gasteiger partial charge in [0.25, 0.3) is 13.6 Å². The summed E-state index contributed by atoms with van der Waals surface area (Å²) in [6, 6.07) is 7.19. The van der Waals surface area contributed by atoms with E-state index in [-0.39, 0.29) is 67.8 Å². The number of fused-ring (bicyclic) bond motifs is 2. The highest BCUT2D eigenvalue weighted by Crippen LogP contribution is 2.35. The monoisotopic (exact) mass is 874 g/mol. The smallest absolute Gasteiger partial charge is 0.326 e. The van der Waals surface area contributed by atoms with Crippen LogP contribution in [0.5, 0.6) is 0 Å². The van der Waals surface area contributed by atoms with Crippen LogP contribution in [-0.2, 0) is 48.8 Å². The molecule has 2 aromatic carbocycles. The predicted octanol–water partition coefficient (Wildman–Crippen LogP) is 4.62. The summed E-state index contributed by atoms with van der Waals surface area (Å²) in [5.41, 5.74) is 13.5. The molecule has 332 valence electrons. The van der Waals surface area contributed by atoms with Crippen LogP contribution in [0, 0.1) is 35.5 Å². The molecule has 0 bridgehead atoms. The molecule has 4 unspecified atom stereocenters. The van der Waals surface area contributed by atoms with E-state index in [2.05, 4.69) is 10.3 Å². The van der Waals surface area contributed by atoms with Gasteiger partial charge in [-0.3, -0.25) is 9.59 Å². The van der Waals surface area contributed by atoms with Crippen molar-refractivity contribution in [3.63, 3.8) is 0 Å². The van der Waals surface area contributed by atoms with Crippen LogP contribution in [0.15, 0.2) is 56.5 Å². The number of nitrogens with two attached hydrogens (primary N) is 2. The second kappa shape index (κ2) is 19.8. The minimum absolute atomic E-state index is 0.0297. The molecule has 5 rings (SSSR count). The number of piperidine rings is 2. The van der Waals surface area contributed by atoms with Crippen molar-refractivity contribution >= 4 is 43.4 Å². The minimum Gasteiger partial charge on any atom is -0.425 e. The van der Waals surface area contributed by atoms with E-state index in [1.165, 1.54) is 32.9 Å². The van der Waals surface area contributed by atoms with E-state index in [0.29, 0.717) is 50.1 Å². The number of nitrogens with zero attached hydrogens (tertiary/aromatic N) is 4. The lowest BCUT2D eigenvalue weighted by atomic mass is 9.83. The summed E-state index contributed by atoms with van der Waals surface area (Å²) in [5, 5.41) is 8.75. The molecule has 60 heavy (non-hydrogen) atoms. The van der Waals surface area contributed by atoms with Gasteiger partial charge in [0.2, 0.25) is 20.0 Å². The van der Waals surface area contributed by atoms with E-state index in [1.807, 2.05) is 55.4 Å². The van der Waals surface area contributed by atoms with Crippen LogP contribution in [0.3, 0.4) is 0 Å². The zero-order valence-electron chi connectivity index (χ0n) is 36.0. The Labute approximate surface area is 355 Å². The van der Waals surface area contributed by atoms with E-state index in [9.17, 15) is 26.4 Å². The van der Waals surface area contributed by atoms with Gasteiger partial charge in [-0.05, 0) is 72.6 Å². The SMILES string of the molecule is CCC(C)C(N)C(=O)OCON=C1c2ccc(S(=O)(=O)N3C[C@H](C)C[C@H](C)C3)cc2C(=NOCOC(=O)C(N)C(C)CC)c2cc(S(=O)(=O)N3C[C@H](C)C[C@H](C)C3)ccc21. The van der Waals surface area contributed by atoms with Gasteiger partial charge in [-0.2, -0.15) is 8.61 Å². The third-order valence-electron chi connectivity index (χ3n) is 11.8. The van der Waals surface area contributed by atoms with Gasteiger partial charge in [0.1, 0.15) is 23.5 Å². The van der Waals surface area contributed by atoms with Crippen LogP contribution in [0.25, 0.3) is 0 Å². The third-order valence-corrected chi connectivity index (χ3v) is 15.5. The zero-order valence-corrected chi connectivity index (χ0v) is 37.6. The van der Waals surface area contributed by atoms with Crippen molar-refractivity contribution in [1.82, 2.24) is 8.61 Å². The Balaban J connectivity index is 1.63. The fourth-order valence-electron chi connectivity index (χ4n) is 8.08. The van der Waals surface area contributed by atoms with Gasteiger partial charge in [-0.25, -0.2) is 16.8 Å². The highest BCUT2D eigenvalue weighted by atomic mass is 32.2. The number of rotatable bonds is 16. The molecule has 0 aromatic heterocycles. The summed E-state index contributed by atoms with van der Waals surface area (Å²) >= 11 is 0. The summed E-state index contributed by atoms with van der Waals surface area (Å²) < 4.78 is 70.6. The van der Waals surface area contributed by atoms with Crippen molar-refractivity contribution in [3.05, 3.63) is 58.7 Å². The van der Waals surface area contributed by atoms with E-state index in [1.54, 1.807) is 12.1 Å². The number of ether oxygens (including phenoxy) is 2. The first-order chi connectivity index (χ1) is 28.3. The fourth-order valence-corrected chi connectivity index (χ4v) is 11.5. The average Bonchev–Trinajstić information content (AvgIpc) is 3.21. The Morgan fingerprint density at radius 2 is 0.967 bits per heavy atom. The maximum atomic E-state index is 14.3. The van der Waals surface area contributed by atoms with Crippen molar-refractivity contribution in [2.24, 2.45) is 57.3 Å². The Morgan fingerprint density at radius 3 is 1.30 bits per heavy atom. The first-order valence-corrected chi connectivity index (χ1v) is 23.7. The number of benzene rings is 2. The molecule has 0 radical (unpaired) electrons. The van der Waals surface area contributed by atoms with Gasteiger partial charge in [0.05, 0.1) is 9.79 Å². The molecule has 2 saturated heterocycles. The molecule has 3 aliphatic rings. The quantitative estimate of drug-likeness (QED) is 0.0871. The van der Waals surface area contributed by atoms with Crippen LogP contribution < -0.4 is 11.5 Å². The average molecular weight is 875 g/mol. The van der Waals surface area contributed by atoms with Gasteiger partial charge in [-0.15, -0.1) is 0 Å². The molecule has 2 fully saturated rings. The molecular weight excluding hydrogens is 813 g/mol.